The van der Waals surface area contributed by atoms with Crippen LogP contribution in [0.3, 0.4) is 0 Å². The molecule has 0 aromatic carbocycles. The van der Waals surface area contributed by atoms with Crippen LogP contribution in [-0.4, -0.2) is 52.2 Å². The third kappa shape index (κ3) is 5.52. The third-order valence-electron chi connectivity index (χ3n) is 1.86. The molecule has 0 rings (SSSR count). The molecule has 0 unspecified atom stereocenters. The highest BCUT2D eigenvalue weighted by Crippen LogP contribution is 1.89. The molecule has 0 aliphatic heterocycles. The van der Waals surface area contributed by atoms with Crippen LogP contribution in [0.2, 0.25) is 0 Å². The highest BCUT2D eigenvalue weighted by molar-refractivity contribution is 5.83. The van der Waals surface area contributed by atoms with Crippen LogP contribution < -0.4 is 10.6 Å². The standard InChI is InChI=1S/C9H18N2O5/c1-6(8(12)16-4)11-9(13)10-5-7(14-2)15-3/h6-7H,5H2,1-4H3,(H2,10,11,13)/t6-/m0/s1. The van der Waals surface area contributed by atoms with Gasteiger partial charge in [-0.25, -0.2) is 9.59 Å². The van der Waals surface area contributed by atoms with E-state index >= 15 is 0 Å². The zero-order valence-corrected chi connectivity index (χ0v) is 9.90. The molecule has 0 fully saturated rings. The topological polar surface area (TPSA) is 85.9 Å². The van der Waals surface area contributed by atoms with Gasteiger partial charge in [0.2, 0.25) is 0 Å². The van der Waals surface area contributed by atoms with E-state index in [0.29, 0.717) is 0 Å². The number of amides is 2. The molecule has 0 saturated heterocycles. The van der Waals surface area contributed by atoms with Gasteiger partial charge in [0.1, 0.15) is 6.04 Å². The highest BCUT2D eigenvalue weighted by atomic mass is 16.7. The quantitative estimate of drug-likeness (QED) is 0.476. The van der Waals surface area contributed by atoms with Crippen molar-refractivity contribution >= 4 is 12.0 Å². The van der Waals surface area contributed by atoms with Crippen LogP contribution in [0.4, 0.5) is 4.79 Å². The average molecular weight is 234 g/mol. The summed E-state index contributed by atoms with van der Waals surface area (Å²) >= 11 is 0. The fourth-order valence-corrected chi connectivity index (χ4v) is 0.922. The Morgan fingerprint density at radius 1 is 1.19 bits per heavy atom. The lowest BCUT2D eigenvalue weighted by atomic mass is 10.3. The minimum Gasteiger partial charge on any atom is -0.467 e. The molecule has 2 N–H and O–H groups in total. The van der Waals surface area contributed by atoms with Crippen LogP contribution in [0, 0.1) is 0 Å². The Balaban J connectivity index is 3.86. The summed E-state index contributed by atoms with van der Waals surface area (Å²) in [5, 5.41) is 4.89. The molecule has 0 heterocycles. The van der Waals surface area contributed by atoms with Gasteiger partial charge in [0.05, 0.1) is 13.7 Å². The summed E-state index contributed by atoms with van der Waals surface area (Å²) in [5.41, 5.74) is 0. The first kappa shape index (κ1) is 14.7. The summed E-state index contributed by atoms with van der Waals surface area (Å²) in [6, 6.07) is -1.19. The number of ether oxygens (including phenoxy) is 3. The maximum Gasteiger partial charge on any atom is 0.328 e. The van der Waals surface area contributed by atoms with Crippen LogP contribution in [0.15, 0.2) is 0 Å². The molecule has 16 heavy (non-hydrogen) atoms. The number of carbonyl (C=O) groups excluding carboxylic acids is 2. The molecule has 0 aliphatic carbocycles. The SMILES string of the molecule is COC(=O)[C@H](C)NC(=O)NCC(OC)OC. The van der Waals surface area contributed by atoms with Crippen molar-refractivity contribution in [2.24, 2.45) is 0 Å². The fraction of sp³-hybridized carbons (Fsp3) is 0.778. The second-order valence-corrected chi connectivity index (χ2v) is 3.00. The van der Waals surface area contributed by atoms with Crippen molar-refractivity contribution < 1.29 is 23.8 Å². The van der Waals surface area contributed by atoms with E-state index in [4.69, 9.17) is 9.47 Å². The molecular weight excluding hydrogens is 216 g/mol. The molecule has 7 nitrogen and oxygen atoms in total. The summed E-state index contributed by atoms with van der Waals surface area (Å²) in [4.78, 5) is 22.3. The van der Waals surface area contributed by atoms with E-state index < -0.39 is 24.3 Å². The zero-order valence-electron chi connectivity index (χ0n) is 9.90. The Morgan fingerprint density at radius 2 is 1.75 bits per heavy atom. The number of methoxy groups -OCH3 is 3. The van der Waals surface area contributed by atoms with Crippen molar-refractivity contribution in [3.8, 4) is 0 Å². The van der Waals surface area contributed by atoms with Gasteiger partial charge in [-0.3, -0.25) is 0 Å². The summed E-state index contributed by atoms with van der Waals surface area (Å²) in [6.07, 6.45) is -0.515. The van der Waals surface area contributed by atoms with Crippen LogP contribution in [0.1, 0.15) is 6.92 Å². The lowest BCUT2D eigenvalue weighted by Gasteiger charge is -2.16. The van der Waals surface area contributed by atoms with E-state index in [-0.39, 0.29) is 6.54 Å². The Kier molecular flexibility index (Phi) is 7.23. The Bertz CT molecular complexity index is 230. The normalized spacial score (nSPS) is 12.1. The van der Waals surface area contributed by atoms with E-state index in [9.17, 15) is 9.59 Å². The summed E-state index contributed by atoms with van der Waals surface area (Å²) in [6.45, 7) is 1.71. The minimum atomic E-state index is -0.700. The van der Waals surface area contributed by atoms with Crippen molar-refractivity contribution in [2.75, 3.05) is 27.9 Å². The van der Waals surface area contributed by atoms with Gasteiger partial charge in [0, 0.05) is 14.2 Å². The monoisotopic (exact) mass is 234 g/mol. The van der Waals surface area contributed by atoms with Crippen molar-refractivity contribution in [2.45, 2.75) is 19.3 Å². The molecule has 0 aromatic rings. The van der Waals surface area contributed by atoms with Gasteiger partial charge >= 0.3 is 12.0 Å². The molecule has 0 aromatic heterocycles. The third-order valence-corrected chi connectivity index (χ3v) is 1.86. The molecule has 94 valence electrons. The van der Waals surface area contributed by atoms with Gasteiger partial charge in [-0.2, -0.15) is 0 Å². The number of urea groups is 1. The Labute approximate surface area is 94.4 Å². The number of esters is 1. The molecule has 0 bridgehead atoms. The minimum absolute atomic E-state index is 0.187. The van der Waals surface area contributed by atoms with Crippen molar-refractivity contribution in [1.29, 1.82) is 0 Å². The summed E-state index contributed by atoms with van der Waals surface area (Å²) < 4.78 is 14.2. The molecule has 0 saturated carbocycles. The molecule has 2 amide bonds. The highest BCUT2D eigenvalue weighted by Gasteiger charge is 2.16. The van der Waals surface area contributed by atoms with Crippen LogP contribution >= 0.6 is 0 Å². The summed E-state index contributed by atoms with van der Waals surface area (Å²) in [5.74, 6) is -0.509. The molecule has 1 atom stereocenters. The van der Waals surface area contributed by atoms with Crippen LogP contribution in [-0.2, 0) is 19.0 Å². The van der Waals surface area contributed by atoms with E-state index in [1.807, 2.05) is 0 Å². The van der Waals surface area contributed by atoms with Crippen LogP contribution in [0.5, 0.6) is 0 Å². The van der Waals surface area contributed by atoms with Gasteiger partial charge < -0.3 is 24.8 Å². The maximum atomic E-state index is 11.3. The Morgan fingerprint density at radius 3 is 2.19 bits per heavy atom. The predicted molar refractivity (Wildman–Crippen MR) is 55.8 cm³/mol. The van der Waals surface area contributed by atoms with E-state index in [1.165, 1.54) is 28.3 Å². The molecule has 0 spiro atoms. The fourth-order valence-electron chi connectivity index (χ4n) is 0.922. The number of rotatable bonds is 6. The molecular formula is C9H18N2O5. The second kappa shape index (κ2) is 7.89. The summed E-state index contributed by atoms with van der Waals surface area (Å²) in [7, 11) is 4.18. The number of hydrogen-bond donors (Lipinski definition) is 2. The smallest absolute Gasteiger partial charge is 0.328 e. The van der Waals surface area contributed by atoms with E-state index in [0.717, 1.165) is 0 Å². The lowest BCUT2D eigenvalue weighted by molar-refractivity contribution is -0.142. The second-order valence-electron chi connectivity index (χ2n) is 3.00. The first-order valence-corrected chi connectivity index (χ1v) is 4.73. The maximum absolute atomic E-state index is 11.3. The Hall–Kier alpha value is -1.34. The molecule has 7 heteroatoms. The van der Waals surface area contributed by atoms with Crippen molar-refractivity contribution in [1.82, 2.24) is 10.6 Å². The predicted octanol–water partition coefficient (Wildman–Crippen LogP) is -0.534. The number of hydrogen-bond acceptors (Lipinski definition) is 5. The van der Waals surface area contributed by atoms with Crippen LogP contribution in [0.25, 0.3) is 0 Å². The van der Waals surface area contributed by atoms with Crippen molar-refractivity contribution in [3.05, 3.63) is 0 Å². The number of nitrogens with one attached hydrogen (secondary N) is 2. The average Bonchev–Trinajstić information content (AvgIpc) is 2.29. The van der Waals surface area contributed by atoms with E-state index in [2.05, 4.69) is 15.4 Å². The first-order chi connectivity index (χ1) is 7.54. The largest absolute Gasteiger partial charge is 0.467 e. The molecule has 0 aliphatic rings. The van der Waals surface area contributed by atoms with E-state index in [1.54, 1.807) is 0 Å². The van der Waals surface area contributed by atoms with Gasteiger partial charge in [-0.15, -0.1) is 0 Å². The first-order valence-electron chi connectivity index (χ1n) is 4.73. The lowest BCUT2D eigenvalue weighted by Crippen LogP contribution is -2.47. The van der Waals surface area contributed by atoms with Gasteiger partial charge in [0.15, 0.2) is 6.29 Å². The molecule has 0 radical (unpaired) electrons. The van der Waals surface area contributed by atoms with Gasteiger partial charge in [0.25, 0.3) is 0 Å². The van der Waals surface area contributed by atoms with Gasteiger partial charge in [-0.05, 0) is 6.92 Å². The number of carbonyl (C=O) groups is 2. The zero-order chi connectivity index (χ0) is 12.6. The van der Waals surface area contributed by atoms with Gasteiger partial charge in [-0.1, -0.05) is 0 Å². The van der Waals surface area contributed by atoms with Crippen molar-refractivity contribution in [3.63, 3.8) is 0 Å².